The van der Waals surface area contributed by atoms with Gasteiger partial charge in [-0.3, -0.25) is 4.99 Å². The summed E-state index contributed by atoms with van der Waals surface area (Å²) in [6.45, 7) is 7.14. The lowest BCUT2D eigenvalue weighted by Crippen LogP contribution is -2.12. The lowest BCUT2D eigenvalue weighted by molar-refractivity contribution is -0.0698. The van der Waals surface area contributed by atoms with Gasteiger partial charge in [-0.15, -0.1) is 0 Å². The van der Waals surface area contributed by atoms with E-state index >= 15 is 0 Å². The molecule has 1 aliphatic rings. The molecule has 5 heteroatoms. The first-order valence-corrected chi connectivity index (χ1v) is 5.38. The molecule has 0 radical (unpaired) electrons. The zero-order chi connectivity index (χ0) is 13.8. The number of nitrogens with zero attached hydrogens (tertiary/aromatic N) is 1. The standard InChI is InChI=1S/C13H14F3NO/c1-9(18-3)11-8-10(4-5-12(11)17-2)6-7-13(14,15)16/h10H,1-2,4-5,8H2,3H3. The number of ether oxygens (including phenoxy) is 1. The van der Waals surface area contributed by atoms with Crippen molar-refractivity contribution in [1.82, 2.24) is 0 Å². The molecule has 0 saturated heterocycles. The molecule has 1 atom stereocenters. The number of halogens is 3. The molecule has 1 unspecified atom stereocenters. The van der Waals surface area contributed by atoms with Crippen LogP contribution in [0.1, 0.15) is 19.3 Å². The van der Waals surface area contributed by atoms with Crippen molar-refractivity contribution in [2.45, 2.75) is 25.4 Å². The van der Waals surface area contributed by atoms with E-state index in [-0.39, 0.29) is 5.92 Å². The van der Waals surface area contributed by atoms with Gasteiger partial charge in [-0.1, -0.05) is 12.5 Å². The van der Waals surface area contributed by atoms with E-state index in [9.17, 15) is 13.2 Å². The minimum absolute atomic E-state index is 0.348. The summed E-state index contributed by atoms with van der Waals surface area (Å²) in [6, 6.07) is 0. The van der Waals surface area contributed by atoms with Gasteiger partial charge in [0.05, 0.1) is 7.11 Å². The summed E-state index contributed by atoms with van der Waals surface area (Å²) in [5.41, 5.74) is 1.44. The van der Waals surface area contributed by atoms with E-state index in [1.807, 2.05) is 0 Å². The third-order valence-electron chi connectivity index (χ3n) is 2.72. The second-order valence-electron chi connectivity index (χ2n) is 3.92. The van der Waals surface area contributed by atoms with Gasteiger partial charge in [-0.05, 0) is 26.0 Å². The molecule has 0 spiro atoms. The fraction of sp³-hybridized carbons (Fsp3) is 0.462. The summed E-state index contributed by atoms with van der Waals surface area (Å²) in [6.07, 6.45) is -3.00. The zero-order valence-electron chi connectivity index (χ0n) is 10.1. The molecule has 1 rings (SSSR count). The molecule has 0 aromatic rings. The minimum Gasteiger partial charge on any atom is -0.497 e. The van der Waals surface area contributed by atoms with E-state index in [4.69, 9.17) is 4.74 Å². The van der Waals surface area contributed by atoms with E-state index in [1.54, 1.807) is 0 Å². The molecule has 0 aliphatic heterocycles. The Morgan fingerprint density at radius 1 is 1.50 bits per heavy atom. The first-order chi connectivity index (χ1) is 8.37. The third-order valence-corrected chi connectivity index (χ3v) is 2.72. The number of methoxy groups -OCH3 is 1. The maximum atomic E-state index is 12.0. The highest BCUT2D eigenvalue weighted by Crippen LogP contribution is 2.33. The second kappa shape index (κ2) is 5.76. The molecule has 0 aromatic heterocycles. The third kappa shape index (κ3) is 3.95. The van der Waals surface area contributed by atoms with Crippen molar-refractivity contribution >= 4 is 6.72 Å². The lowest BCUT2D eigenvalue weighted by atomic mass is 9.86. The molecular weight excluding hydrogens is 243 g/mol. The molecule has 0 amide bonds. The molecule has 0 heterocycles. The van der Waals surface area contributed by atoms with Crippen LogP contribution in [0.5, 0.6) is 0 Å². The van der Waals surface area contributed by atoms with Crippen LogP contribution >= 0.6 is 0 Å². The minimum atomic E-state index is -4.45. The maximum absolute atomic E-state index is 12.0. The largest absolute Gasteiger partial charge is 0.497 e. The van der Waals surface area contributed by atoms with Crippen molar-refractivity contribution < 1.29 is 17.9 Å². The molecule has 0 N–H and O–H groups in total. The van der Waals surface area contributed by atoms with Crippen LogP contribution in [0.25, 0.3) is 0 Å². The Hall–Kier alpha value is -1.70. The van der Waals surface area contributed by atoms with Crippen molar-refractivity contribution in [3.63, 3.8) is 0 Å². The normalized spacial score (nSPS) is 19.9. The van der Waals surface area contributed by atoms with Crippen LogP contribution < -0.4 is 0 Å². The van der Waals surface area contributed by atoms with Gasteiger partial charge in [0, 0.05) is 23.1 Å². The summed E-state index contributed by atoms with van der Waals surface area (Å²) in [5.74, 6) is 3.62. The molecule has 0 bridgehead atoms. The van der Waals surface area contributed by atoms with E-state index < -0.39 is 6.18 Å². The van der Waals surface area contributed by atoms with Crippen LogP contribution in [0.2, 0.25) is 0 Å². The van der Waals surface area contributed by atoms with Gasteiger partial charge in [-0.2, -0.15) is 13.2 Å². The molecular formula is C13H14F3NO. The highest BCUT2D eigenvalue weighted by molar-refractivity contribution is 5.38. The van der Waals surface area contributed by atoms with Gasteiger partial charge in [0.2, 0.25) is 0 Å². The summed E-state index contributed by atoms with van der Waals surface area (Å²) in [5, 5.41) is 0. The fourth-order valence-corrected chi connectivity index (χ4v) is 1.81. The van der Waals surface area contributed by atoms with Crippen molar-refractivity contribution in [2.24, 2.45) is 10.9 Å². The maximum Gasteiger partial charge on any atom is 0.457 e. The molecule has 2 nitrogen and oxygen atoms in total. The summed E-state index contributed by atoms with van der Waals surface area (Å²) >= 11 is 0. The number of allylic oxidation sites excluding steroid dienone is 2. The van der Waals surface area contributed by atoms with Gasteiger partial charge < -0.3 is 4.74 Å². The van der Waals surface area contributed by atoms with Crippen LogP contribution in [-0.4, -0.2) is 20.0 Å². The fourth-order valence-electron chi connectivity index (χ4n) is 1.81. The summed E-state index contributed by atoms with van der Waals surface area (Å²) in [4.78, 5) is 3.86. The average Bonchev–Trinajstić information content (AvgIpc) is 2.34. The van der Waals surface area contributed by atoms with Crippen LogP contribution in [0.3, 0.4) is 0 Å². The SMILES string of the molecule is C=NC1=C(C(=C)OC)CC(C#CC(F)(F)F)CC1. The predicted molar refractivity (Wildman–Crippen MR) is 63.9 cm³/mol. The number of aliphatic imine (C=N–C) groups is 1. The van der Waals surface area contributed by atoms with Crippen molar-refractivity contribution in [3.8, 4) is 11.8 Å². The highest BCUT2D eigenvalue weighted by Gasteiger charge is 2.25. The topological polar surface area (TPSA) is 21.6 Å². The monoisotopic (exact) mass is 257 g/mol. The molecule has 0 fully saturated rings. The van der Waals surface area contributed by atoms with E-state index in [0.717, 1.165) is 5.70 Å². The number of hydrogen-bond acceptors (Lipinski definition) is 2. The Balaban J connectivity index is 2.88. The Morgan fingerprint density at radius 3 is 2.67 bits per heavy atom. The molecule has 98 valence electrons. The first kappa shape index (κ1) is 14.4. The van der Waals surface area contributed by atoms with Crippen LogP contribution in [0.15, 0.2) is 28.6 Å². The van der Waals surface area contributed by atoms with Crippen LogP contribution in [0, 0.1) is 17.8 Å². The Kier molecular flexibility index (Phi) is 4.60. The average molecular weight is 257 g/mol. The van der Waals surface area contributed by atoms with Crippen molar-refractivity contribution in [1.29, 1.82) is 0 Å². The lowest BCUT2D eigenvalue weighted by Gasteiger charge is -2.22. The quantitative estimate of drug-likeness (QED) is 0.431. The van der Waals surface area contributed by atoms with Crippen LogP contribution in [-0.2, 0) is 4.74 Å². The van der Waals surface area contributed by atoms with Crippen molar-refractivity contribution in [3.05, 3.63) is 23.6 Å². The van der Waals surface area contributed by atoms with Gasteiger partial charge in [0.1, 0.15) is 5.76 Å². The molecule has 18 heavy (non-hydrogen) atoms. The number of rotatable bonds is 3. The summed E-state index contributed by atoms with van der Waals surface area (Å²) < 4.78 is 41.1. The zero-order valence-corrected chi connectivity index (χ0v) is 10.1. The summed E-state index contributed by atoms with van der Waals surface area (Å²) in [7, 11) is 1.46. The van der Waals surface area contributed by atoms with E-state index in [2.05, 4.69) is 24.2 Å². The van der Waals surface area contributed by atoms with Gasteiger partial charge >= 0.3 is 6.18 Å². The molecule has 1 aliphatic carbocycles. The Morgan fingerprint density at radius 2 is 2.17 bits per heavy atom. The Bertz CT molecular complexity index is 437. The predicted octanol–water partition coefficient (Wildman–Crippen LogP) is 3.47. The first-order valence-electron chi connectivity index (χ1n) is 5.38. The smallest absolute Gasteiger partial charge is 0.457 e. The van der Waals surface area contributed by atoms with Crippen LogP contribution in [0.4, 0.5) is 13.2 Å². The van der Waals surface area contributed by atoms with Gasteiger partial charge in [-0.25, -0.2) is 0 Å². The molecule has 0 saturated carbocycles. The Labute approximate surface area is 104 Å². The van der Waals surface area contributed by atoms with Crippen molar-refractivity contribution in [2.75, 3.05) is 7.11 Å². The highest BCUT2D eigenvalue weighted by atomic mass is 19.4. The van der Waals surface area contributed by atoms with E-state index in [1.165, 1.54) is 13.0 Å². The number of alkyl halides is 3. The number of hydrogen-bond donors (Lipinski definition) is 0. The second-order valence-corrected chi connectivity index (χ2v) is 3.92. The van der Waals surface area contributed by atoms with E-state index in [0.29, 0.717) is 30.6 Å². The molecule has 0 aromatic carbocycles. The van der Waals surface area contributed by atoms with Gasteiger partial charge in [0.15, 0.2) is 0 Å². The van der Waals surface area contributed by atoms with Gasteiger partial charge in [0.25, 0.3) is 0 Å².